The summed E-state index contributed by atoms with van der Waals surface area (Å²) in [5.74, 6) is 1.36. The van der Waals surface area contributed by atoms with Gasteiger partial charge in [-0.25, -0.2) is 0 Å². The summed E-state index contributed by atoms with van der Waals surface area (Å²) < 4.78 is 0. The van der Waals surface area contributed by atoms with Gasteiger partial charge >= 0.3 is 5.97 Å². The smallest absolute Gasteiger partial charge is 0.303 e. The summed E-state index contributed by atoms with van der Waals surface area (Å²) in [5, 5.41) is 8.64. The van der Waals surface area contributed by atoms with Crippen LogP contribution in [0.4, 0.5) is 0 Å². The summed E-state index contributed by atoms with van der Waals surface area (Å²) in [7, 11) is 0. The molecule has 0 amide bonds. The minimum absolute atomic E-state index is 0.310. The van der Waals surface area contributed by atoms with Gasteiger partial charge in [-0.05, 0) is 44.4 Å². The van der Waals surface area contributed by atoms with Crippen molar-refractivity contribution in [3.05, 3.63) is 0 Å². The summed E-state index contributed by atoms with van der Waals surface area (Å²) in [6, 6.07) is 0.619. The summed E-state index contributed by atoms with van der Waals surface area (Å²) in [5.41, 5.74) is 0. The molecule has 0 saturated heterocycles. The number of carboxylic acids is 1. The van der Waals surface area contributed by atoms with E-state index in [1.807, 2.05) is 0 Å². The molecule has 0 radical (unpaired) electrons. The molecule has 1 rings (SSSR count). The van der Waals surface area contributed by atoms with E-state index in [0.717, 1.165) is 25.9 Å². The topological polar surface area (TPSA) is 40.5 Å². The molecule has 0 aromatic carbocycles. The van der Waals surface area contributed by atoms with Gasteiger partial charge in [0.2, 0.25) is 0 Å². The highest BCUT2D eigenvalue weighted by atomic mass is 35.5. The molecule has 1 fully saturated rings. The van der Waals surface area contributed by atoms with Crippen molar-refractivity contribution in [2.75, 3.05) is 24.8 Å². The molecule has 19 heavy (non-hydrogen) atoms. The lowest BCUT2D eigenvalue weighted by atomic mass is 9.82. The molecule has 0 unspecified atom stereocenters. The first-order valence-corrected chi connectivity index (χ1v) is 8.32. The summed E-state index contributed by atoms with van der Waals surface area (Å²) in [4.78, 5) is 12.9. The number of halogens is 2. The molecule has 1 aliphatic carbocycles. The van der Waals surface area contributed by atoms with Crippen molar-refractivity contribution in [3.63, 3.8) is 0 Å². The SMILES string of the molecule is O=C(O)CCCC1CCC(N(CCCl)CCCl)CC1. The van der Waals surface area contributed by atoms with Crippen molar-refractivity contribution in [1.29, 1.82) is 0 Å². The molecule has 0 atom stereocenters. The van der Waals surface area contributed by atoms with Crippen LogP contribution in [0.3, 0.4) is 0 Å². The lowest BCUT2D eigenvalue weighted by Crippen LogP contribution is -2.40. The predicted molar refractivity (Wildman–Crippen MR) is 80.2 cm³/mol. The van der Waals surface area contributed by atoms with Crippen molar-refractivity contribution in [2.45, 2.75) is 51.0 Å². The Morgan fingerprint density at radius 1 is 1.11 bits per heavy atom. The highest BCUT2D eigenvalue weighted by Gasteiger charge is 2.25. The third-order valence-electron chi connectivity index (χ3n) is 4.08. The lowest BCUT2D eigenvalue weighted by Gasteiger charge is -2.36. The zero-order chi connectivity index (χ0) is 14.1. The largest absolute Gasteiger partial charge is 0.481 e. The van der Waals surface area contributed by atoms with Crippen LogP contribution in [0, 0.1) is 5.92 Å². The molecule has 1 N–H and O–H groups in total. The molecule has 1 aliphatic rings. The minimum atomic E-state index is -0.677. The van der Waals surface area contributed by atoms with Crippen molar-refractivity contribution < 1.29 is 9.90 Å². The number of hydrogen-bond acceptors (Lipinski definition) is 2. The number of carbonyl (C=O) groups is 1. The first kappa shape index (κ1) is 17.1. The lowest BCUT2D eigenvalue weighted by molar-refractivity contribution is -0.137. The number of aliphatic carboxylic acids is 1. The molecular weight excluding hydrogens is 285 g/mol. The zero-order valence-corrected chi connectivity index (χ0v) is 13.0. The molecular formula is C14H25Cl2NO2. The number of carboxylic acid groups (broad SMARTS) is 1. The van der Waals surface area contributed by atoms with E-state index < -0.39 is 5.97 Å². The molecule has 0 aromatic heterocycles. The van der Waals surface area contributed by atoms with Gasteiger partial charge in [0, 0.05) is 37.3 Å². The standard InChI is InChI=1S/C14H25Cl2NO2/c15-8-10-17(11-9-16)13-6-4-12(5-7-13)2-1-3-14(18)19/h12-13H,1-11H2,(H,18,19). The van der Waals surface area contributed by atoms with Crippen LogP contribution in [0.25, 0.3) is 0 Å². The van der Waals surface area contributed by atoms with Gasteiger partial charge in [0.25, 0.3) is 0 Å². The van der Waals surface area contributed by atoms with Gasteiger partial charge in [0.05, 0.1) is 0 Å². The van der Waals surface area contributed by atoms with E-state index in [1.54, 1.807) is 0 Å². The first-order valence-electron chi connectivity index (χ1n) is 7.25. The van der Waals surface area contributed by atoms with Crippen LogP contribution in [0.1, 0.15) is 44.9 Å². The Kier molecular flexibility index (Phi) is 8.84. The number of hydrogen-bond donors (Lipinski definition) is 1. The van der Waals surface area contributed by atoms with Gasteiger partial charge in [-0.2, -0.15) is 0 Å². The Balaban J connectivity index is 2.24. The van der Waals surface area contributed by atoms with E-state index in [-0.39, 0.29) is 0 Å². The molecule has 0 aliphatic heterocycles. The summed E-state index contributed by atoms with van der Waals surface area (Å²) in [6.07, 6.45) is 7.01. The average Bonchev–Trinajstić information content (AvgIpc) is 2.39. The molecule has 0 heterocycles. The molecule has 1 saturated carbocycles. The fourth-order valence-electron chi connectivity index (χ4n) is 3.03. The first-order chi connectivity index (χ1) is 9.17. The second kappa shape index (κ2) is 9.84. The monoisotopic (exact) mass is 309 g/mol. The van der Waals surface area contributed by atoms with Crippen molar-refractivity contribution >= 4 is 29.2 Å². The second-order valence-electron chi connectivity index (χ2n) is 5.37. The van der Waals surface area contributed by atoms with Crippen LogP contribution in [0.5, 0.6) is 0 Å². The normalized spacial score (nSPS) is 23.7. The van der Waals surface area contributed by atoms with E-state index in [0.29, 0.717) is 30.1 Å². The van der Waals surface area contributed by atoms with Crippen LogP contribution in [-0.4, -0.2) is 46.9 Å². The minimum Gasteiger partial charge on any atom is -0.481 e. The Morgan fingerprint density at radius 2 is 1.68 bits per heavy atom. The summed E-state index contributed by atoms with van der Waals surface area (Å²) >= 11 is 11.7. The molecule has 5 heteroatoms. The quantitative estimate of drug-likeness (QED) is 0.662. The maximum atomic E-state index is 10.5. The average molecular weight is 310 g/mol. The van der Waals surface area contributed by atoms with Gasteiger partial charge in [0.1, 0.15) is 0 Å². The molecule has 0 spiro atoms. The second-order valence-corrected chi connectivity index (χ2v) is 6.13. The fourth-order valence-corrected chi connectivity index (χ4v) is 3.47. The van der Waals surface area contributed by atoms with Crippen molar-refractivity contribution in [3.8, 4) is 0 Å². The Hall–Kier alpha value is 0.01000. The van der Waals surface area contributed by atoms with Gasteiger partial charge in [0.15, 0.2) is 0 Å². The fraction of sp³-hybridized carbons (Fsp3) is 0.929. The predicted octanol–water partition coefficient (Wildman–Crippen LogP) is 3.58. The number of alkyl halides is 2. The van der Waals surface area contributed by atoms with Gasteiger partial charge in [-0.3, -0.25) is 9.69 Å². The molecule has 0 bridgehead atoms. The van der Waals surface area contributed by atoms with Crippen molar-refractivity contribution in [1.82, 2.24) is 4.90 Å². The Labute approximate surface area is 126 Å². The third kappa shape index (κ3) is 6.82. The third-order valence-corrected chi connectivity index (χ3v) is 4.42. The number of nitrogens with zero attached hydrogens (tertiary/aromatic N) is 1. The van der Waals surface area contributed by atoms with Crippen LogP contribution >= 0.6 is 23.2 Å². The Bertz CT molecular complexity index is 250. The molecule has 0 aromatic rings. The maximum absolute atomic E-state index is 10.5. The van der Waals surface area contributed by atoms with Crippen LogP contribution in [0.2, 0.25) is 0 Å². The van der Waals surface area contributed by atoms with E-state index in [2.05, 4.69) is 4.90 Å². The van der Waals surface area contributed by atoms with Gasteiger partial charge in [-0.1, -0.05) is 0 Å². The van der Waals surface area contributed by atoms with E-state index in [4.69, 9.17) is 28.3 Å². The highest BCUT2D eigenvalue weighted by molar-refractivity contribution is 6.18. The van der Waals surface area contributed by atoms with Crippen LogP contribution < -0.4 is 0 Å². The van der Waals surface area contributed by atoms with Crippen LogP contribution in [0.15, 0.2) is 0 Å². The van der Waals surface area contributed by atoms with Gasteiger partial charge in [-0.15, -0.1) is 23.2 Å². The maximum Gasteiger partial charge on any atom is 0.303 e. The summed E-state index contributed by atoms with van der Waals surface area (Å²) in [6.45, 7) is 1.84. The zero-order valence-electron chi connectivity index (χ0n) is 11.5. The van der Waals surface area contributed by atoms with E-state index >= 15 is 0 Å². The highest BCUT2D eigenvalue weighted by Crippen LogP contribution is 2.30. The van der Waals surface area contributed by atoms with E-state index in [1.165, 1.54) is 25.7 Å². The number of rotatable bonds is 9. The van der Waals surface area contributed by atoms with Crippen molar-refractivity contribution in [2.24, 2.45) is 5.92 Å². The van der Waals surface area contributed by atoms with Gasteiger partial charge < -0.3 is 5.11 Å². The molecule has 3 nitrogen and oxygen atoms in total. The van der Waals surface area contributed by atoms with E-state index in [9.17, 15) is 4.79 Å². The molecule has 112 valence electrons. The Morgan fingerprint density at radius 3 is 2.16 bits per heavy atom. The van der Waals surface area contributed by atoms with Crippen LogP contribution in [-0.2, 0) is 4.79 Å².